The number of ether oxygens (including phenoxy) is 2. The van der Waals surface area contributed by atoms with Gasteiger partial charge in [0.25, 0.3) is 5.91 Å². The highest BCUT2D eigenvalue weighted by Crippen LogP contribution is 2.43. The highest BCUT2D eigenvalue weighted by molar-refractivity contribution is 6.01. The second-order valence-electron chi connectivity index (χ2n) is 13.1. The van der Waals surface area contributed by atoms with Crippen LogP contribution in [0.4, 0.5) is 10.5 Å². The number of esters is 1. The van der Waals surface area contributed by atoms with Gasteiger partial charge in [0.2, 0.25) is 5.91 Å². The van der Waals surface area contributed by atoms with Crippen LogP contribution in [0.15, 0.2) is 18.2 Å². The quantitative estimate of drug-likeness (QED) is 0.546. The Hall–Kier alpha value is -3.30. The number of carbonyl (C=O) groups is 4. The molecule has 3 aliphatic heterocycles. The van der Waals surface area contributed by atoms with Crippen LogP contribution in [0.1, 0.15) is 83.1 Å². The second kappa shape index (κ2) is 10.4. The minimum absolute atomic E-state index is 0.00251. The van der Waals surface area contributed by atoms with E-state index in [4.69, 9.17) is 15.2 Å². The summed E-state index contributed by atoms with van der Waals surface area (Å²) < 4.78 is 10.9. The topological polar surface area (TPSA) is 122 Å². The number of carbonyl (C=O) groups excluding carboxylic acids is 4. The van der Waals surface area contributed by atoms with Crippen LogP contribution in [-0.2, 0) is 25.6 Å². The van der Waals surface area contributed by atoms with Gasteiger partial charge in [0.05, 0.1) is 0 Å². The zero-order valence-corrected chi connectivity index (χ0v) is 24.0. The number of rotatable bonds is 6. The Morgan fingerprint density at radius 3 is 2.18 bits per heavy atom. The number of hydrogen-bond acceptors (Lipinski definition) is 7. The Kier molecular flexibility index (Phi) is 7.62. The first-order valence-corrected chi connectivity index (χ1v) is 13.7. The lowest BCUT2D eigenvalue weighted by molar-refractivity contribution is -0.155. The number of primary amides is 1. The maximum atomic E-state index is 13.3. The van der Waals surface area contributed by atoms with Crippen LogP contribution in [0, 0.1) is 5.41 Å². The Morgan fingerprint density at radius 1 is 1.00 bits per heavy atom. The van der Waals surface area contributed by atoms with Crippen LogP contribution in [0.2, 0.25) is 0 Å². The third kappa shape index (κ3) is 6.65. The zero-order chi connectivity index (χ0) is 28.8. The second-order valence-corrected chi connectivity index (χ2v) is 13.1. The molecule has 2 fully saturated rings. The fourth-order valence-corrected chi connectivity index (χ4v) is 5.61. The average molecular weight is 543 g/mol. The van der Waals surface area contributed by atoms with E-state index in [1.165, 1.54) is 4.90 Å². The lowest BCUT2D eigenvalue weighted by Crippen LogP contribution is -2.61. The first kappa shape index (κ1) is 28.7. The molecule has 1 aromatic rings. The van der Waals surface area contributed by atoms with Gasteiger partial charge in [-0.15, -0.1) is 0 Å². The Balaban J connectivity index is 1.34. The van der Waals surface area contributed by atoms with Crippen LogP contribution < -0.4 is 10.6 Å². The lowest BCUT2D eigenvalue weighted by atomic mass is 9.72. The number of amides is 3. The molecule has 3 heterocycles. The highest BCUT2D eigenvalue weighted by atomic mass is 16.6. The normalized spacial score (nSPS) is 19.4. The van der Waals surface area contributed by atoms with E-state index < -0.39 is 29.1 Å². The van der Waals surface area contributed by atoms with Gasteiger partial charge in [-0.3, -0.25) is 14.4 Å². The molecule has 0 bridgehead atoms. The van der Waals surface area contributed by atoms with Crippen molar-refractivity contribution in [2.24, 2.45) is 11.1 Å². The predicted molar refractivity (Wildman–Crippen MR) is 146 cm³/mol. The molecule has 0 unspecified atom stereocenters. The van der Waals surface area contributed by atoms with E-state index in [9.17, 15) is 19.2 Å². The summed E-state index contributed by atoms with van der Waals surface area (Å²) >= 11 is 0. The van der Waals surface area contributed by atoms with Gasteiger partial charge in [0, 0.05) is 55.8 Å². The van der Waals surface area contributed by atoms with Gasteiger partial charge in [0.15, 0.2) is 0 Å². The van der Waals surface area contributed by atoms with E-state index in [1.54, 1.807) is 25.7 Å². The summed E-state index contributed by atoms with van der Waals surface area (Å²) in [7, 11) is 0. The molecule has 2 N–H and O–H groups in total. The average Bonchev–Trinajstić information content (AvgIpc) is 3.10. The number of hydrogen-bond donors (Lipinski definition) is 1. The minimum Gasteiger partial charge on any atom is -0.460 e. The van der Waals surface area contributed by atoms with Crippen LogP contribution >= 0.6 is 0 Å². The number of nitrogens with zero attached hydrogens (tertiary/aromatic N) is 3. The first-order chi connectivity index (χ1) is 18.1. The fourth-order valence-electron chi connectivity index (χ4n) is 5.61. The van der Waals surface area contributed by atoms with E-state index in [0.717, 1.165) is 37.2 Å². The first-order valence-electron chi connectivity index (χ1n) is 13.7. The van der Waals surface area contributed by atoms with E-state index in [0.29, 0.717) is 18.7 Å². The van der Waals surface area contributed by atoms with Crippen LogP contribution in [0.3, 0.4) is 0 Å². The Morgan fingerprint density at radius 2 is 1.62 bits per heavy atom. The smallest absolute Gasteiger partial charge is 0.410 e. The standard InChI is InChI=1S/C29H42N4O6/c1-27(2,3)38-23(34)10-9-22(24(30)35)33-16-19-7-8-20(15-21(19)25(33)36)32-17-29(18-32)11-13-31(14-12-29)26(37)39-28(4,5)6/h7-8,15,22H,9-14,16-18H2,1-6H3,(H2,30,35)/t22-/m0/s1. The maximum Gasteiger partial charge on any atom is 0.410 e. The summed E-state index contributed by atoms with van der Waals surface area (Å²) in [5.74, 6) is -1.31. The highest BCUT2D eigenvalue weighted by Gasteiger charge is 2.46. The van der Waals surface area contributed by atoms with Gasteiger partial charge in [-0.2, -0.15) is 0 Å². The molecule has 4 rings (SSSR count). The molecule has 2 saturated heterocycles. The summed E-state index contributed by atoms with van der Waals surface area (Å²) in [6.07, 6.45) is 1.69. The van der Waals surface area contributed by atoms with Crippen molar-refractivity contribution < 1.29 is 28.7 Å². The number of piperidine rings is 1. The molecule has 1 spiro atoms. The molecular formula is C29H42N4O6. The van der Waals surface area contributed by atoms with Crippen LogP contribution in [0.25, 0.3) is 0 Å². The van der Waals surface area contributed by atoms with Crippen molar-refractivity contribution in [2.45, 2.75) is 91.0 Å². The van der Waals surface area contributed by atoms with Crippen LogP contribution in [-0.4, -0.2) is 77.1 Å². The van der Waals surface area contributed by atoms with E-state index in [2.05, 4.69) is 4.90 Å². The molecule has 0 aromatic heterocycles. The minimum atomic E-state index is -0.886. The third-order valence-corrected chi connectivity index (χ3v) is 7.57. The number of nitrogens with two attached hydrogens (primary N) is 1. The van der Waals surface area contributed by atoms with Crippen molar-refractivity contribution in [3.8, 4) is 0 Å². The number of fused-ring (bicyclic) bond motifs is 1. The van der Waals surface area contributed by atoms with Gasteiger partial charge >= 0.3 is 12.1 Å². The number of likely N-dealkylation sites (tertiary alicyclic amines) is 1. The summed E-state index contributed by atoms with van der Waals surface area (Å²) in [5.41, 5.74) is 7.05. The molecule has 0 saturated carbocycles. The fraction of sp³-hybridized carbons (Fsp3) is 0.655. The molecule has 1 atom stereocenters. The van der Waals surface area contributed by atoms with Gasteiger partial charge in [-0.1, -0.05) is 6.07 Å². The Labute approximate surface area is 230 Å². The summed E-state index contributed by atoms with van der Waals surface area (Å²) in [6.45, 7) is 14.3. The zero-order valence-electron chi connectivity index (χ0n) is 24.0. The van der Waals surface area contributed by atoms with Gasteiger partial charge < -0.3 is 29.9 Å². The Bertz CT molecular complexity index is 1140. The summed E-state index contributed by atoms with van der Waals surface area (Å²) in [4.78, 5) is 55.7. The SMILES string of the molecule is CC(C)(C)OC(=O)CC[C@@H](C(N)=O)N1Cc2ccc(N3CC4(CCN(C(=O)OC(C)(C)C)CC4)C3)cc2C1=O. The van der Waals surface area contributed by atoms with E-state index >= 15 is 0 Å². The third-order valence-electron chi connectivity index (χ3n) is 7.57. The van der Waals surface area contributed by atoms with Crippen molar-refractivity contribution in [1.29, 1.82) is 0 Å². The van der Waals surface area contributed by atoms with Gasteiger partial charge in [-0.05, 0) is 78.5 Å². The predicted octanol–water partition coefficient (Wildman–Crippen LogP) is 3.46. The summed E-state index contributed by atoms with van der Waals surface area (Å²) in [5, 5.41) is 0. The molecule has 3 aliphatic rings. The molecular weight excluding hydrogens is 500 g/mol. The molecule has 214 valence electrons. The molecule has 1 aromatic carbocycles. The summed E-state index contributed by atoms with van der Waals surface area (Å²) in [6, 6.07) is 4.96. The largest absolute Gasteiger partial charge is 0.460 e. The van der Waals surface area contributed by atoms with E-state index in [-0.39, 0.29) is 36.8 Å². The van der Waals surface area contributed by atoms with Gasteiger partial charge in [0.1, 0.15) is 17.2 Å². The van der Waals surface area contributed by atoms with Crippen molar-refractivity contribution >= 4 is 29.6 Å². The molecule has 3 amide bonds. The molecule has 10 nitrogen and oxygen atoms in total. The van der Waals surface area contributed by atoms with Gasteiger partial charge in [-0.25, -0.2) is 4.79 Å². The maximum absolute atomic E-state index is 13.3. The van der Waals surface area contributed by atoms with Crippen molar-refractivity contribution in [1.82, 2.24) is 9.80 Å². The van der Waals surface area contributed by atoms with Crippen molar-refractivity contribution in [2.75, 3.05) is 31.1 Å². The molecule has 0 aliphatic carbocycles. The number of anilines is 1. The van der Waals surface area contributed by atoms with Crippen molar-refractivity contribution in [3.63, 3.8) is 0 Å². The number of benzene rings is 1. The lowest BCUT2D eigenvalue weighted by Gasteiger charge is -2.55. The monoisotopic (exact) mass is 542 g/mol. The molecule has 0 radical (unpaired) electrons. The van der Waals surface area contributed by atoms with Crippen molar-refractivity contribution in [3.05, 3.63) is 29.3 Å². The van der Waals surface area contributed by atoms with Crippen LogP contribution in [0.5, 0.6) is 0 Å². The molecule has 39 heavy (non-hydrogen) atoms. The van der Waals surface area contributed by atoms with E-state index in [1.807, 2.05) is 39.0 Å². The molecule has 10 heteroatoms.